The average Bonchev–Trinajstić information content (AvgIpc) is 3.05. The van der Waals surface area contributed by atoms with E-state index in [2.05, 4.69) is 5.10 Å². The minimum Gasteiger partial charge on any atom is -0.493 e. The Morgan fingerprint density at radius 3 is 3.08 bits per heavy atom. The van der Waals surface area contributed by atoms with Gasteiger partial charge in [0.15, 0.2) is 0 Å². The Morgan fingerprint density at radius 1 is 1.44 bits per heavy atom. The van der Waals surface area contributed by atoms with Crippen molar-refractivity contribution in [3.05, 3.63) is 48.0 Å². The molecule has 1 aliphatic heterocycles. The van der Waals surface area contributed by atoms with Crippen LogP contribution in [0.2, 0.25) is 0 Å². The number of carbonyl (C=O) groups is 1. The van der Waals surface area contributed by atoms with Gasteiger partial charge >= 0.3 is 0 Å². The largest absolute Gasteiger partial charge is 0.493 e. The number of piperidine rings is 1. The lowest BCUT2D eigenvalue weighted by Crippen LogP contribution is -2.40. The van der Waals surface area contributed by atoms with E-state index in [1.807, 2.05) is 28.9 Å². The van der Waals surface area contributed by atoms with Gasteiger partial charge in [0.2, 0.25) is 5.91 Å². The Hall–Kier alpha value is -2.37. The molecular weight excluding hydrogens is 321 g/mol. The number of carbonyl (C=O) groups excluding carboxylic acids is 1. The van der Waals surface area contributed by atoms with E-state index in [4.69, 9.17) is 4.74 Å². The highest BCUT2D eigenvalue weighted by molar-refractivity contribution is 5.76. The Morgan fingerprint density at radius 2 is 2.32 bits per heavy atom. The fraction of sp³-hybridized carbons (Fsp3) is 0.474. The second kappa shape index (κ2) is 8.14. The van der Waals surface area contributed by atoms with E-state index in [0.717, 1.165) is 24.9 Å². The molecule has 0 saturated carbocycles. The predicted octanol–water partition coefficient (Wildman–Crippen LogP) is 3.35. The van der Waals surface area contributed by atoms with Crippen molar-refractivity contribution in [1.82, 2.24) is 14.7 Å². The van der Waals surface area contributed by atoms with Gasteiger partial charge in [0.1, 0.15) is 11.6 Å². The maximum Gasteiger partial charge on any atom is 0.222 e. The van der Waals surface area contributed by atoms with Gasteiger partial charge in [-0.1, -0.05) is 6.07 Å². The molecule has 2 heterocycles. The average molecular weight is 345 g/mol. The van der Waals surface area contributed by atoms with Crippen molar-refractivity contribution >= 4 is 5.91 Å². The van der Waals surface area contributed by atoms with Crippen molar-refractivity contribution in [2.45, 2.75) is 38.6 Å². The zero-order chi connectivity index (χ0) is 17.6. The van der Waals surface area contributed by atoms with Crippen molar-refractivity contribution in [3.8, 4) is 5.75 Å². The van der Waals surface area contributed by atoms with Crippen LogP contribution in [0.4, 0.5) is 4.39 Å². The Labute approximate surface area is 147 Å². The van der Waals surface area contributed by atoms with Gasteiger partial charge in [-0.3, -0.25) is 9.48 Å². The first-order valence-electron chi connectivity index (χ1n) is 8.79. The molecule has 0 N–H and O–H groups in total. The summed E-state index contributed by atoms with van der Waals surface area (Å²) in [6.07, 6.45) is 7.00. The van der Waals surface area contributed by atoms with Gasteiger partial charge in [0, 0.05) is 31.8 Å². The molecule has 0 spiro atoms. The summed E-state index contributed by atoms with van der Waals surface area (Å²) in [4.78, 5) is 14.4. The maximum absolute atomic E-state index is 13.1. The van der Waals surface area contributed by atoms with Crippen LogP contribution in [0.25, 0.3) is 0 Å². The smallest absolute Gasteiger partial charge is 0.222 e. The van der Waals surface area contributed by atoms with Crippen LogP contribution < -0.4 is 4.74 Å². The molecule has 0 unspecified atom stereocenters. The van der Waals surface area contributed by atoms with Gasteiger partial charge in [0.05, 0.1) is 18.8 Å². The fourth-order valence-electron chi connectivity index (χ4n) is 3.16. The number of ether oxygens (including phenoxy) is 1. The number of benzene rings is 1. The highest BCUT2D eigenvalue weighted by atomic mass is 19.1. The summed E-state index contributed by atoms with van der Waals surface area (Å²) < 4.78 is 20.5. The van der Waals surface area contributed by atoms with Crippen LogP contribution in [-0.2, 0) is 4.79 Å². The summed E-state index contributed by atoms with van der Waals surface area (Å²) in [6.45, 7) is 3.95. The number of hydrogen-bond acceptors (Lipinski definition) is 3. The number of halogens is 1. The fourth-order valence-corrected chi connectivity index (χ4v) is 3.16. The SMILES string of the molecule is Cc1cnn([C@@H]2CCCN(C(=O)CCCOc3cccc(F)c3)C2)c1. The highest BCUT2D eigenvalue weighted by Gasteiger charge is 2.24. The molecule has 1 amide bonds. The third-order valence-corrected chi connectivity index (χ3v) is 4.45. The van der Waals surface area contributed by atoms with E-state index in [1.165, 1.54) is 12.1 Å². The molecule has 1 atom stereocenters. The number of likely N-dealkylation sites (tertiary alicyclic amines) is 1. The van der Waals surface area contributed by atoms with E-state index in [1.54, 1.807) is 12.1 Å². The highest BCUT2D eigenvalue weighted by Crippen LogP contribution is 2.22. The minimum atomic E-state index is -0.318. The molecule has 1 aromatic heterocycles. The van der Waals surface area contributed by atoms with Gasteiger partial charge in [0.25, 0.3) is 0 Å². The first-order chi connectivity index (χ1) is 12.1. The second-order valence-corrected chi connectivity index (χ2v) is 6.54. The van der Waals surface area contributed by atoms with E-state index in [0.29, 0.717) is 31.7 Å². The summed E-state index contributed by atoms with van der Waals surface area (Å²) in [5, 5.41) is 4.38. The monoisotopic (exact) mass is 345 g/mol. The molecule has 2 aromatic rings. The summed E-state index contributed by atoms with van der Waals surface area (Å²) in [6, 6.07) is 6.32. The van der Waals surface area contributed by atoms with E-state index >= 15 is 0 Å². The van der Waals surface area contributed by atoms with Crippen molar-refractivity contribution in [3.63, 3.8) is 0 Å². The number of aromatic nitrogens is 2. The molecule has 3 rings (SSSR count). The number of rotatable bonds is 6. The van der Waals surface area contributed by atoms with E-state index in [-0.39, 0.29) is 17.8 Å². The van der Waals surface area contributed by atoms with E-state index in [9.17, 15) is 9.18 Å². The van der Waals surface area contributed by atoms with Crippen LogP contribution in [-0.4, -0.2) is 40.3 Å². The van der Waals surface area contributed by atoms with E-state index < -0.39 is 0 Å². The third-order valence-electron chi connectivity index (χ3n) is 4.45. The van der Waals surface area contributed by atoms with Crippen molar-refractivity contribution in [2.24, 2.45) is 0 Å². The molecule has 0 radical (unpaired) electrons. The number of hydrogen-bond donors (Lipinski definition) is 0. The zero-order valence-electron chi connectivity index (χ0n) is 14.5. The van der Waals surface area contributed by atoms with Crippen LogP contribution in [0.1, 0.15) is 37.3 Å². The molecule has 25 heavy (non-hydrogen) atoms. The number of aryl methyl sites for hydroxylation is 1. The number of amides is 1. The normalized spacial score (nSPS) is 17.5. The second-order valence-electron chi connectivity index (χ2n) is 6.54. The first kappa shape index (κ1) is 17.5. The predicted molar refractivity (Wildman–Crippen MR) is 92.9 cm³/mol. The van der Waals surface area contributed by atoms with Crippen LogP contribution >= 0.6 is 0 Å². The molecule has 134 valence electrons. The quantitative estimate of drug-likeness (QED) is 0.754. The van der Waals surface area contributed by atoms with Crippen molar-refractivity contribution in [1.29, 1.82) is 0 Å². The summed E-state index contributed by atoms with van der Waals surface area (Å²) in [7, 11) is 0. The molecule has 0 aliphatic carbocycles. The van der Waals surface area contributed by atoms with Crippen LogP contribution in [0.3, 0.4) is 0 Å². The standard InChI is InChI=1S/C19H24FN3O2/c1-15-12-21-23(13-15)17-6-3-9-22(14-17)19(24)8-4-10-25-18-7-2-5-16(20)11-18/h2,5,7,11-13,17H,3-4,6,8-10,14H2,1H3/t17-/m1/s1. The Kier molecular flexibility index (Phi) is 5.68. The summed E-state index contributed by atoms with van der Waals surface area (Å²) in [5.74, 6) is 0.331. The molecule has 1 saturated heterocycles. The molecule has 1 aromatic carbocycles. The van der Waals surface area contributed by atoms with Crippen LogP contribution in [0, 0.1) is 12.7 Å². The molecule has 6 heteroatoms. The molecular formula is C19H24FN3O2. The van der Waals surface area contributed by atoms with Gasteiger partial charge in [-0.2, -0.15) is 5.10 Å². The topological polar surface area (TPSA) is 47.4 Å². The minimum absolute atomic E-state index is 0.149. The summed E-state index contributed by atoms with van der Waals surface area (Å²) in [5.41, 5.74) is 1.14. The number of nitrogens with zero attached hydrogens (tertiary/aromatic N) is 3. The molecule has 1 aliphatic rings. The lowest BCUT2D eigenvalue weighted by Gasteiger charge is -2.33. The van der Waals surface area contributed by atoms with Crippen molar-refractivity contribution in [2.75, 3.05) is 19.7 Å². The summed E-state index contributed by atoms with van der Waals surface area (Å²) >= 11 is 0. The van der Waals surface area contributed by atoms with Gasteiger partial charge in [-0.25, -0.2) is 4.39 Å². The zero-order valence-corrected chi connectivity index (χ0v) is 14.5. The molecule has 0 bridgehead atoms. The van der Waals surface area contributed by atoms with Gasteiger partial charge in [-0.05, 0) is 43.9 Å². The lowest BCUT2D eigenvalue weighted by molar-refractivity contribution is -0.133. The molecule has 5 nitrogen and oxygen atoms in total. The Bertz CT molecular complexity index is 716. The third kappa shape index (κ3) is 4.81. The maximum atomic E-state index is 13.1. The molecule has 1 fully saturated rings. The van der Waals surface area contributed by atoms with Crippen LogP contribution in [0.15, 0.2) is 36.7 Å². The lowest BCUT2D eigenvalue weighted by atomic mass is 10.1. The van der Waals surface area contributed by atoms with Gasteiger partial charge < -0.3 is 9.64 Å². The van der Waals surface area contributed by atoms with Gasteiger partial charge in [-0.15, -0.1) is 0 Å². The first-order valence-corrected chi connectivity index (χ1v) is 8.79. The van der Waals surface area contributed by atoms with Crippen LogP contribution in [0.5, 0.6) is 5.75 Å². The Balaban J connectivity index is 1.43. The van der Waals surface area contributed by atoms with Crippen molar-refractivity contribution < 1.29 is 13.9 Å².